The minimum absolute atomic E-state index is 0.435. The van der Waals surface area contributed by atoms with Crippen molar-refractivity contribution in [2.45, 2.75) is 6.61 Å². The van der Waals surface area contributed by atoms with Crippen molar-refractivity contribution in [2.24, 2.45) is 0 Å². The minimum atomic E-state index is 0.435. The average Bonchev–Trinajstić information content (AvgIpc) is 1.96. The van der Waals surface area contributed by atoms with Crippen molar-refractivity contribution in [2.75, 3.05) is 7.11 Å². The topological polar surface area (TPSA) is 9.23 Å². The average molecular weight is 270 g/mol. The fraction of sp³-hybridized carbons (Fsp3) is 0.250. The highest BCUT2D eigenvalue weighted by Crippen LogP contribution is 2.29. The predicted molar refractivity (Wildman–Crippen MR) is 54.9 cm³/mol. The summed E-state index contributed by atoms with van der Waals surface area (Å²) in [6.45, 7) is 0.435. The van der Waals surface area contributed by atoms with Gasteiger partial charge in [-0.2, -0.15) is 0 Å². The van der Waals surface area contributed by atoms with Crippen LogP contribution in [0.3, 0.4) is 0 Å². The molecule has 1 aromatic rings. The molecule has 0 atom stereocenters. The molecule has 0 aliphatic carbocycles. The quantitative estimate of drug-likeness (QED) is 0.791. The zero-order valence-electron chi connectivity index (χ0n) is 6.40. The smallest absolute Gasteiger partial charge is 0.0742 e. The van der Waals surface area contributed by atoms with Crippen molar-refractivity contribution in [1.29, 1.82) is 0 Å². The van der Waals surface area contributed by atoms with Gasteiger partial charge in [-0.3, -0.25) is 0 Å². The third-order valence-corrected chi connectivity index (χ3v) is 2.53. The Balaban J connectivity index is 3.10. The van der Waals surface area contributed by atoms with Crippen LogP contribution in [0.1, 0.15) is 5.56 Å². The number of halogens is 3. The SMILES string of the molecule is COCc1c(Cl)cc(Br)cc1Cl. The van der Waals surface area contributed by atoms with Crippen LogP contribution in [-0.4, -0.2) is 7.11 Å². The molecule has 1 rings (SSSR count). The molecule has 0 amide bonds. The van der Waals surface area contributed by atoms with Gasteiger partial charge in [-0.05, 0) is 12.1 Å². The summed E-state index contributed by atoms with van der Waals surface area (Å²) in [7, 11) is 1.61. The summed E-state index contributed by atoms with van der Waals surface area (Å²) in [5.41, 5.74) is 0.823. The zero-order valence-corrected chi connectivity index (χ0v) is 9.50. The van der Waals surface area contributed by atoms with Crippen LogP contribution in [-0.2, 0) is 11.3 Å². The van der Waals surface area contributed by atoms with Crippen molar-refractivity contribution in [3.8, 4) is 0 Å². The Bertz CT molecular complexity index is 265. The molecule has 1 nitrogen and oxygen atoms in total. The van der Waals surface area contributed by atoms with Gasteiger partial charge in [0.05, 0.1) is 6.61 Å². The molecule has 0 aromatic heterocycles. The third-order valence-electron chi connectivity index (χ3n) is 1.39. The molecule has 0 aliphatic heterocycles. The number of ether oxygens (including phenoxy) is 1. The van der Waals surface area contributed by atoms with Crippen LogP contribution in [0.2, 0.25) is 10.0 Å². The van der Waals surface area contributed by atoms with Crippen LogP contribution >= 0.6 is 39.1 Å². The predicted octanol–water partition coefficient (Wildman–Crippen LogP) is 3.90. The van der Waals surface area contributed by atoms with E-state index < -0.39 is 0 Å². The van der Waals surface area contributed by atoms with Crippen LogP contribution in [0, 0.1) is 0 Å². The lowest BCUT2D eigenvalue weighted by Gasteiger charge is -2.05. The first-order chi connectivity index (χ1) is 5.65. The summed E-state index contributed by atoms with van der Waals surface area (Å²) in [4.78, 5) is 0. The van der Waals surface area contributed by atoms with E-state index in [1.165, 1.54) is 0 Å². The molecule has 0 fully saturated rings. The van der Waals surface area contributed by atoms with E-state index in [9.17, 15) is 0 Å². The minimum Gasteiger partial charge on any atom is -0.380 e. The Morgan fingerprint density at radius 3 is 2.25 bits per heavy atom. The fourth-order valence-electron chi connectivity index (χ4n) is 0.854. The van der Waals surface area contributed by atoms with E-state index in [1.807, 2.05) is 0 Å². The van der Waals surface area contributed by atoms with Crippen LogP contribution in [0.5, 0.6) is 0 Å². The highest BCUT2D eigenvalue weighted by molar-refractivity contribution is 9.10. The lowest BCUT2D eigenvalue weighted by molar-refractivity contribution is 0.185. The van der Waals surface area contributed by atoms with E-state index in [1.54, 1.807) is 19.2 Å². The van der Waals surface area contributed by atoms with Crippen LogP contribution in [0.25, 0.3) is 0 Å². The molecule has 0 saturated heterocycles. The van der Waals surface area contributed by atoms with Crippen molar-refractivity contribution >= 4 is 39.1 Å². The van der Waals surface area contributed by atoms with Gasteiger partial charge in [0.25, 0.3) is 0 Å². The van der Waals surface area contributed by atoms with Crippen molar-refractivity contribution < 1.29 is 4.74 Å². The summed E-state index contributed by atoms with van der Waals surface area (Å²) in [6.07, 6.45) is 0. The van der Waals surface area contributed by atoms with Crippen molar-refractivity contribution in [3.05, 3.63) is 32.2 Å². The molecule has 0 bridgehead atoms. The van der Waals surface area contributed by atoms with Crippen LogP contribution < -0.4 is 0 Å². The van der Waals surface area contributed by atoms with E-state index in [-0.39, 0.29) is 0 Å². The highest BCUT2D eigenvalue weighted by Gasteiger charge is 2.06. The van der Waals surface area contributed by atoms with Gasteiger partial charge < -0.3 is 4.74 Å². The maximum Gasteiger partial charge on any atom is 0.0742 e. The maximum atomic E-state index is 5.92. The summed E-state index contributed by atoms with van der Waals surface area (Å²) in [5.74, 6) is 0. The monoisotopic (exact) mass is 268 g/mol. The normalized spacial score (nSPS) is 10.3. The van der Waals surface area contributed by atoms with E-state index in [0.717, 1.165) is 10.0 Å². The third kappa shape index (κ3) is 2.36. The second-order valence-corrected chi connectivity index (χ2v) is 4.01. The van der Waals surface area contributed by atoms with Gasteiger partial charge in [-0.15, -0.1) is 0 Å². The highest BCUT2D eigenvalue weighted by atomic mass is 79.9. The lowest BCUT2D eigenvalue weighted by atomic mass is 10.2. The van der Waals surface area contributed by atoms with Gasteiger partial charge in [0.2, 0.25) is 0 Å². The lowest BCUT2D eigenvalue weighted by Crippen LogP contribution is -1.90. The molecule has 0 heterocycles. The number of benzene rings is 1. The summed E-state index contributed by atoms with van der Waals surface area (Å²) in [6, 6.07) is 3.59. The van der Waals surface area contributed by atoms with E-state index in [4.69, 9.17) is 27.9 Å². The van der Waals surface area contributed by atoms with Gasteiger partial charge in [0.1, 0.15) is 0 Å². The molecule has 0 radical (unpaired) electrons. The number of hydrogen-bond acceptors (Lipinski definition) is 1. The van der Waals surface area contributed by atoms with E-state index in [0.29, 0.717) is 16.7 Å². The Labute approximate surface area is 89.7 Å². The molecular formula is C8H7BrCl2O. The Morgan fingerprint density at radius 1 is 1.33 bits per heavy atom. The first-order valence-electron chi connectivity index (χ1n) is 3.27. The van der Waals surface area contributed by atoms with E-state index >= 15 is 0 Å². The van der Waals surface area contributed by atoms with Gasteiger partial charge in [0.15, 0.2) is 0 Å². The molecule has 0 N–H and O–H groups in total. The number of rotatable bonds is 2. The standard InChI is InChI=1S/C8H7BrCl2O/c1-12-4-6-7(10)2-5(9)3-8(6)11/h2-3H,4H2,1H3. The molecule has 0 unspecified atom stereocenters. The number of methoxy groups -OCH3 is 1. The van der Waals surface area contributed by atoms with Crippen molar-refractivity contribution in [1.82, 2.24) is 0 Å². The molecule has 0 spiro atoms. The first-order valence-corrected chi connectivity index (χ1v) is 4.82. The Kier molecular flexibility index (Phi) is 3.84. The molecule has 0 aliphatic rings. The summed E-state index contributed by atoms with van der Waals surface area (Å²) >= 11 is 15.1. The molecule has 1 aromatic carbocycles. The Morgan fingerprint density at radius 2 is 1.83 bits per heavy atom. The maximum absolute atomic E-state index is 5.92. The second kappa shape index (κ2) is 4.47. The summed E-state index contributed by atoms with van der Waals surface area (Å²) < 4.78 is 5.82. The molecule has 12 heavy (non-hydrogen) atoms. The molecule has 0 saturated carbocycles. The number of hydrogen-bond donors (Lipinski definition) is 0. The fourth-order valence-corrected chi connectivity index (χ4v) is 2.17. The van der Waals surface area contributed by atoms with Crippen molar-refractivity contribution in [3.63, 3.8) is 0 Å². The molecule has 4 heteroatoms. The first kappa shape index (κ1) is 10.3. The van der Waals surface area contributed by atoms with Crippen LogP contribution in [0.15, 0.2) is 16.6 Å². The molecule has 66 valence electrons. The van der Waals surface area contributed by atoms with Crippen LogP contribution in [0.4, 0.5) is 0 Å². The largest absolute Gasteiger partial charge is 0.380 e. The zero-order chi connectivity index (χ0) is 9.14. The summed E-state index contributed by atoms with van der Waals surface area (Å²) in [5, 5.41) is 1.24. The van der Waals surface area contributed by atoms with Gasteiger partial charge in [-0.25, -0.2) is 0 Å². The van der Waals surface area contributed by atoms with E-state index in [2.05, 4.69) is 15.9 Å². The second-order valence-electron chi connectivity index (χ2n) is 2.28. The van der Waals surface area contributed by atoms with Gasteiger partial charge in [0, 0.05) is 27.2 Å². The van der Waals surface area contributed by atoms with Gasteiger partial charge >= 0.3 is 0 Å². The van der Waals surface area contributed by atoms with Gasteiger partial charge in [-0.1, -0.05) is 39.1 Å². The Hall–Kier alpha value is 0.240. The molecular weight excluding hydrogens is 263 g/mol.